The van der Waals surface area contributed by atoms with Gasteiger partial charge in [0.2, 0.25) is 0 Å². The number of hydrogen-bond acceptors (Lipinski definition) is 2. The molecule has 2 nitrogen and oxygen atoms in total. The first-order valence-corrected chi connectivity index (χ1v) is 5.18. The number of hydrogen-bond donors (Lipinski definition) is 1. The molecule has 1 unspecified atom stereocenters. The Balaban J connectivity index is 2.14. The Labute approximate surface area is 97.6 Å². The second-order valence-corrected chi connectivity index (χ2v) is 3.79. The fourth-order valence-electron chi connectivity index (χ4n) is 1.62. The van der Waals surface area contributed by atoms with Crippen LogP contribution in [0.15, 0.2) is 42.7 Å². The summed E-state index contributed by atoms with van der Waals surface area (Å²) in [5, 5.41) is 9.86. The lowest BCUT2D eigenvalue weighted by molar-refractivity contribution is 0.177. The van der Waals surface area contributed by atoms with Gasteiger partial charge in [0.05, 0.1) is 12.3 Å². The number of aliphatic hydroxyl groups is 1. The molecule has 2 aromatic rings. The van der Waals surface area contributed by atoms with Crippen LogP contribution in [0.3, 0.4) is 0 Å². The number of benzene rings is 1. The number of aromatic nitrogens is 1. The zero-order valence-corrected chi connectivity index (χ0v) is 8.98. The van der Waals surface area contributed by atoms with E-state index >= 15 is 0 Å². The lowest BCUT2D eigenvalue weighted by Gasteiger charge is -2.10. The number of halogens is 2. The number of pyridine rings is 1. The van der Waals surface area contributed by atoms with E-state index in [1.54, 1.807) is 12.1 Å². The summed E-state index contributed by atoms with van der Waals surface area (Å²) in [6, 6.07) is 7.17. The molecule has 1 atom stereocenters. The molecule has 0 saturated carbocycles. The van der Waals surface area contributed by atoms with Crippen LogP contribution in [0.25, 0.3) is 0 Å². The van der Waals surface area contributed by atoms with E-state index in [0.717, 1.165) is 6.20 Å². The fraction of sp³-hybridized carbons (Fsp3) is 0.154. The third-order valence-electron chi connectivity index (χ3n) is 2.43. The molecule has 4 heteroatoms. The highest BCUT2D eigenvalue weighted by atomic mass is 19.1. The second-order valence-electron chi connectivity index (χ2n) is 3.79. The van der Waals surface area contributed by atoms with Crippen LogP contribution in [0.2, 0.25) is 0 Å². The van der Waals surface area contributed by atoms with E-state index < -0.39 is 11.9 Å². The molecular formula is C13H11F2NO. The van der Waals surface area contributed by atoms with Crippen molar-refractivity contribution in [3.8, 4) is 0 Å². The third kappa shape index (κ3) is 3.07. The molecule has 0 saturated heterocycles. The summed E-state index contributed by atoms with van der Waals surface area (Å²) in [7, 11) is 0. The third-order valence-corrected chi connectivity index (χ3v) is 2.43. The first kappa shape index (κ1) is 11.7. The second kappa shape index (κ2) is 5.01. The van der Waals surface area contributed by atoms with Crippen LogP contribution in [0.1, 0.15) is 17.2 Å². The smallest absolute Gasteiger partial charge is 0.141 e. The highest BCUT2D eigenvalue weighted by Crippen LogP contribution is 2.18. The summed E-state index contributed by atoms with van der Waals surface area (Å²) in [6.07, 6.45) is 1.80. The van der Waals surface area contributed by atoms with Gasteiger partial charge in [-0.15, -0.1) is 0 Å². The Hall–Kier alpha value is -1.81. The Morgan fingerprint density at radius 1 is 1.12 bits per heavy atom. The summed E-state index contributed by atoms with van der Waals surface area (Å²) >= 11 is 0. The highest BCUT2D eigenvalue weighted by Gasteiger charge is 2.10. The molecule has 0 radical (unpaired) electrons. The Bertz CT molecular complexity index is 516. The van der Waals surface area contributed by atoms with Gasteiger partial charge < -0.3 is 5.11 Å². The first-order valence-electron chi connectivity index (χ1n) is 5.18. The van der Waals surface area contributed by atoms with E-state index in [-0.39, 0.29) is 12.2 Å². The van der Waals surface area contributed by atoms with Crippen molar-refractivity contribution in [1.82, 2.24) is 4.98 Å². The highest BCUT2D eigenvalue weighted by molar-refractivity contribution is 5.21. The summed E-state index contributed by atoms with van der Waals surface area (Å²) in [4.78, 5) is 3.66. The zero-order chi connectivity index (χ0) is 12.3. The topological polar surface area (TPSA) is 33.1 Å². The van der Waals surface area contributed by atoms with Gasteiger partial charge in [-0.3, -0.25) is 4.98 Å². The molecular weight excluding hydrogens is 224 g/mol. The van der Waals surface area contributed by atoms with Crippen molar-refractivity contribution in [1.29, 1.82) is 0 Å². The Kier molecular flexibility index (Phi) is 3.44. The maximum absolute atomic E-state index is 12.9. The minimum Gasteiger partial charge on any atom is -0.388 e. The van der Waals surface area contributed by atoms with Crippen LogP contribution in [0.4, 0.5) is 8.78 Å². The monoisotopic (exact) mass is 235 g/mol. The van der Waals surface area contributed by atoms with E-state index in [0.29, 0.717) is 11.1 Å². The molecule has 1 N–H and O–H groups in total. The van der Waals surface area contributed by atoms with Crippen molar-refractivity contribution < 1.29 is 13.9 Å². The quantitative estimate of drug-likeness (QED) is 0.887. The molecule has 88 valence electrons. The van der Waals surface area contributed by atoms with Crippen molar-refractivity contribution in [2.24, 2.45) is 0 Å². The van der Waals surface area contributed by atoms with Crippen molar-refractivity contribution in [2.45, 2.75) is 12.5 Å². The maximum Gasteiger partial charge on any atom is 0.141 e. The van der Waals surface area contributed by atoms with Crippen molar-refractivity contribution in [3.63, 3.8) is 0 Å². The minimum absolute atomic E-state index is 0.225. The minimum atomic E-state index is -0.889. The van der Waals surface area contributed by atoms with Crippen LogP contribution in [-0.2, 0) is 6.42 Å². The largest absolute Gasteiger partial charge is 0.388 e. The first-order chi connectivity index (χ1) is 8.15. The lowest BCUT2D eigenvalue weighted by atomic mass is 10.0. The molecule has 0 fully saturated rings. The van der Waals surface area contributed by atoms with E-state index in [9.17, 15) is 13.9 Å². The van der Waals surface area contributed by atoms with Crippen LogP contribution in [0, 0.1) is 11.6 Å². The molecule has 1 aromatic heterocycles. The molecule has 0 spiro atoms. The van der Waals surface area contributed by atoms with Crippen molar-refractivity contribution in [3.05, 3.63) is 65.5 Å². The fourth-order valence-corrected chi connectivity index (χ4v) is 1.62. The maximum atomic E-state index is 12.9. The molecule has 0 aliphatic carbocycles. The van der Waals surface area contributed by atoms with Crippen molar-refractivity contribution >= 4 is 0 Å². The van der Waals surface area contributed by atoms with Gasteiger partial charge in [-0.2, -0.15) is 0 Å². The molecule has 17 heavy (non-hydrogen) atoms. The summed E-state index contributed by atoms with van der Waals surface area (Å²) in [6.45, 7) is 0. The van der Waals surface area contributed by atoms with Crippen molar-refractivity contribution in [2.75, 3.05) is 0 Å². The van der Waals surface area contributed by atoms with Gasteiger partial charge >= 0.3 is 0 Å². The lowest BCUT2D eigenvalue weighted by Crippen LogP contribution is -2.03. The average Bonchev–Trinajstić information content (AvgIpc) is 2.29. The SMILES string of the molecule is OC(Cc1cccc(F)c1)c1cncc(F)c1. The van der Waals surface area contributed by atoms with Crippen LogP contribution in [-0.4, -0.2) is 10.1 Å². The number of rotatable bonds is 3. The van der Waals surface area contributed by atoms with Gasteiger partial charge in [-0.25, -0.2) is 8.78 Å². The van der Waals surface area contributed by atoms with Gasteiger partial charge in [0, 0.05) is 18.2 Å². The van der Waals surface area contributed by atoms with E-state index in [1.807, 2.05) is 0 Å². The Morgan fingerprint density at radius 3 is 2.65 bits per heavy atom. The predicted octanol–water partition coefficient (Wildman–Crippen LogP) is 2.64. The summed E-state index contributed by atoms with van der Waals surface area (Å²) < 4.78 is 25.8. The molecule has 0 amide bonds. The Morgan fingerprint density at radius 2 is 1.94 bits per heavy atom. The van der Waals surface area contributed by atoms with E-state index in [1.165, 1.54) is 24.4 Å². The number of aliphatic hydroxyl groups excluding tert-OH is 1. The molecule has 0 aliphatic rings. The summed E-state index contributed by atoms with van der Waals surface area (Å²) in [5.41, 5.74) is 1.04. The molecule has 1 aromatic carbocycles. The van der Waals surface area contributed by atoms with E-state index in [4.69, 9.17) is 0 Å². The average molecular weight is 235 g/mol. The van der Waals surface area contributed by atoms with Crippen LogP contribution < -0.4 is 0 Å². The molecule has 1 heterocycles. The van der Waals surface area contributed by atoms with E-state index in [2.05, 4.69) is 4.98 Å². The van der Waals surface area contributed by atoms with Crippen LogP contribution in [0.5, 0.6) is 0 Å². The normalized spacial score (nSPS) is 12.4. The zero-order valence-electron chi connectivity index (χ0n) is 8.98. The standard InChI is InChI=1S/C13H11F2NO/c14-11-3-1-2-9(4-11)5-13(17)10-6-12(15)8-16-7-10/h1-4,6-8,13,17H,5H2. The molecule has 0 bridgehead atoms. The molecule has 0 aliphatic heterocycles. The van der Waals surface area contributed by atoms with Gasteiger partial charge in [-0.1, -0.05) is 12.1 Å². The molecule has 2 rings (SSSR count). The summed E-state index contributed by atoms with van der Waals surface area (Å²) in [5.74, 6) is -0.854. The number of nitrogens with zero attached hydrogens (tertiary/aromatic N) is 1. The van der Waals surface area contributed by atoms with Gasteiger partial charge in [0.1, 0.15) is 11.6 Å². The predicted molar refractivity (Wildman–Crippen MR) is 59.3 cm³/mol. The van der Waals surface area contributed by atoms with Gasteiger partial charge in [0.25, 0.3) is 0 Å². The van der Waals surface area contributed by atoms with Crippen LogP contribution >= 0.6 is 0 Å². The van der Waals surface area contributed by atoms with Gasteiger partial charge in [0.15, 0.2) is 0 Å². The van der Waals surface area contributed by atoms with Gasteiger partial charge in [-0.05, 0) is 23.8 Å².